The Hall–Kier alpha value is -1.60. The van der Waals surface area contributed by atoms with Crippen LogP contribution >= 0.6 is 11.5 Å². The number of nitrogens with two attached hydrogens (primary N) is 1. The maximum Gasteiger partial charge on any atom is 0.145 e. The van der Waals surface area contributed by atoms with Crippen molar-refractivity contribution in [1.82, 2.24) is 4.37 Å². The molecule has 3 nitrogen and oxygen atoms in total. The van der Waals surface area contributed by atoms with E-state index in [1.54, 1.807) is 6.07 Å². The van der Waals surface area contributed by atoms with Gasteiger partial charge in [0.15, 0.2) is 0 Å². The van der Waals surface area contributed by atoms with E-state index in [1.165, 1.54) is 11.5 Å². The Morgan fingerprint density at radius 2 is 2.33 bits per heavy atom. The number of hydrogen-bond donors (Lipinski definition) is 1. The highest BCUT2D eigenvalue weighted by Gasteiger charge is 2.05. The first-order valence-corrected chi connectivity index (χ1v) is 4.14. The molecule has 2 N–H and O–H groups in total. The molecule has 1 aromatic heterocycles. The second-order valence-electron chi connectivity index (χ2n) is 2.36. The Morgan fingerprint density at radius 1 is 1.50 bits per heavy atom. The van der Waals surface area contributed by atoms with Gasteiger partial charge in [-0.25, -0.2) is 0 Å². The summed E-state index contributed by atoms with van der Waals surface area (Å²) in [5, 5.41) is 9.61. The maximum atomic E-state index is 8.73. The lowest BCUT2D eigenvalue weighted by atomic mass is 10.2. The summed E-state index contributed by atoms with van der Waals surface area (Å²) >= 11 is 1.27. The van der Waals surface area contributed by atoms with Gasteiger partial charge in [0, 0.05) is 5.39 Å². The quantitative estimate of drug-likeness (QED) is 0.663. The third kappa shape index (κ3) is 0.840. The van der Waals surface area contributed by atoms with E-state index >= 15 is 0 Å². The van der Waals surface area contributed by atoms with Crippen LogP contribution in [-0.4, -0.2) is 4.37 Å². The fourth-order valence-electron chi connectivity index (χ4n) is 1.07. The standard InChI is InChI=1S/C8H5N3S/c9-4-5-2-1-3-6-7(5)12-11-8(6)10/h1-3H,(H2,10,11). The van der Waals surface area contributed by atoms with E-state index in [0.717, 1.165) is 10.1 Å². The van der Waals surface area contributed by atoms with E-state index in [-0.39, 0.29) is 0 Å². The van der Waals surface area contributed by atoms with Crippen LogP contribution in [-0.2, 0) is 0 Å². The second-order valence-corrected chi connectivity index (χ2v) is 3.14. The lowest BCUT2D eigenvalue weighted by molar-refractivity contribution is 1.51. The Kier molecular flexibility index (Phi) is 1.45. The highest BCUT2D eigenvalue weighted by molar-refractivity contribution is 7.14. The van der Waals surface area contributed by atoms with Gasteiger partial charge in [-0.1, -0.05) is 6.07 Å². The van der Waals surface area contributed by atoms with Gasteiger partial charge in [0.25, 0.3) is 0 Å². The molecule has 0 aliphatic heterocycles. The van der Waals surface area contributed by atoms with Gasteiger partial charge in [-0.15, -0.1) is 0 Å². The van der Waals surface area contributed by atoms with E-state index in [0.29, 0.717) is 11.4 Å². The molecule has 0 saturated heterocycles. The van der Waals surface area contributed by atoms with Gasteiger partial charge in [0.05, 0.1) is 10.3 Å². The van der Waals surface area contributed by atoms with Gasteiger partial charge >= 0.3 is 0 Å². The average Bonchev–Trinajstić information content (AvgIpc) is 2.48. The van der Waals surface area contributed by atoms with Crippen molar-refractivity contribution in [1.29, 1.82) is 5.26 Å². The molecule has 0 spiro atoms. The number of nitrogens with zero attached hydrogens (tertiary/aromatic N) is 2. The number of fused-ring (bicyclic) bond motifs is 1. The van der Waals surface area contributed by atoms with Gasteiger partial charge in [-0.05, 0) is 23.7 Å². The number of benzene rings is 1. The number of nitrogen functional groups attached to an aromatic ring is 1. The zero-order valence-corrected chi connectivity index (χ0v) is 6.93. The number of hydrogen-bond acceptors (Lipinski definition) is 4. The van der Waals surface area contributed by atoms with Crippen molar-refractivity contribution in [3.8, 4) is 6.07 Å². The lowest BCUT2D eigenvalue weighted by Crippen LogP contribution is -1.83. The summed E-state index contributed by atoms with van der Waals surface area (Å²) in [5.41, 5.74) is 6.23. The van der Waals surface area contributed by atoms with Gasteiger partial charge in [0.1, 0.15) is 11.9 Å². The molecule has 0 fully saturated rings. The highest BCUT2D eigenvalue weighted by atomic mass is 32.1. The molecule has 0 amide bonds. The molecule has 0 aliphatic rings. The molecule has 0 atom stereocenters. The summed E-state index contributed by atoms with van der Waals surface area (Å²) < 4.78 is 4.85. The van der Waals surface area contributed by atoms with E-state index in [2.05, 4.69) is 10.4 Å². The third-order valence-corrected chi connectivity index (χ3v) is 2.56. The Labute approximate surface area is 73.2 Å². The SMILES string of the molecule is N#Cc1cccc2c(N)nsc12. The highest BCUT2D eigenvalue weighted by Crippen LogP contribution is 2.26. The van der Waals surface area contributed by atoms with Crippen LogP contribution in [0.3, 0.4) is 0 Å². The molecular weight excluding hydrogens is 170 g/mol. The zero-order valence-electron chi connectivity index (χ0n) is 6.11. The first-order chi connectivity index (χ1) is 5.83. The average molecular weight is 175 g/mol. The summed E-state index contributed by atoms with van der Waals surface area (Å²) in [6.07, 6.45) is 0. The predicted octanol–water partition coefficient (Wildman–Crippen LogP) is 1.75. The summed E-state index contributed by atoms with van der Waals surface area (Å²) in [4.78, 5) is 0. The fraction of sp³-hybridized carbons (Fsp3) is 0. The van der Waals surface area contributed by atoms with Crippen LogP contribution in [0.5, 0.6) is 0 Å². The molecule has 0 unspecified atom stereocenters. The lowest BCUT2D eigenvalue weighted by Gasteiger charge is -1.89. The van der Waals surface area contributed by atoms with Gasteiger partial charge in [-0.3, -0.25) is 0 Å². The van der Waals surface area contributed by atoms with Gasteiger partial charge < -0.3 is 5.73 Å². The normalized spacial score (nSPS) is 9.92. The molecule has 2 rings (SSSR count). The van der Waals surface area contributed by atoms with Crippen LogP contribution in [0.4, 0.5) is 5.82 Å². The van der Waals surface area contributed by atoms with Crippen molar-refractivity contribution >= 4 is 27.4 Å². The molecule has 12 heavy (non-hydrogen) atoms. The molecule has 0 bridgehead atoms. The van der Waals surface area contributed by atoms with Crippen LogP contribution in [0, 0.1) is 11.3 Å². The third-order valence-electron chi connectivity index (χ3n) is 1.65. The minimum absolute atomic E-state index is 0.507. The van der Waals surface area contributed by atoms with Crippen molar-refractivity contribution in [2.45, 2.75) is 0 Å². The fourth-order valence-corrected chi connectivity index (χ4v) is 1.84. The second kappa shape index (κ2) is 2.47. The van der Waals surface area contributed by atoms with Crippen LogP contribution in [0.25, 0.3) is 10.1 Å². The molecule has 2 aromatic rings. The van der Waals surface area contributed by atoms with E-state index < -0.39 is 0 Å². The molecule has 1 heterocycles. The minimum atomic E-state index is 0.507. The smallest absolute Gasteiger partial charge is 0.145 e. The van der Waals surface area contributed by atoms with Crippen molar-refractivity contribution < 1.29 is 0 Å². The summed E-state index contributed by atoms with van der Waals surface area (Å²) in [5.74, 6) is 0.507. The number of rotatable bonds is 0. The van der Waals surface area contributed by atoms with Crippen LogP contribution in [0.1, 0.15) is 5.56 Å². The molecule has 0 aliphatic carbocycles. The van der Waals surface area contributed by atoms with Crippen LogP contribution in [0.15, 0.2) is 18.2 Å². The van der Waals surface area contributed by atoms with Crippen LogP contribution in [0.2, 0.25) is 0 Å². The Morgan fingerprint density at radius 3 is 3.08 bits per heavy atom. The molecule has 0 saturated carbocycles. The number of anilines is 1. The first kappa shape index (κ1) is 7.07. The van der Waals surface area contributed by atoms with Crippen molar-refractivity contribution in [3.63, 3.8) is 0 Å². The van der Waals surface area contributed by atoms with E-state index in [9.17, 15) is 0 Å². The zero-order chi connectivity index (χ0) is 8.55. The summed E-state index contributed by atoms with van der Waals surface area (Å²) in [7, 11) is 0. The van der Waals surface area contributed by atoms with Crippen molar-refractivity contribution in [3.05, 3.63) is 23.8 Å². The molecule has 4 heteroatoms. The summed E-state index contributed by atoms with van der Waals surface area (Å²) in [6, 6.07) is 7.54. The Bertz CT molecular complexity index is 467. The molecule has 1 aromatic carbocycles. The topological polar surface area (TPSA) is 62.7 Å². The largest absolute Gasteiger partial charge is 0.382 e. The number of nitriles is 1. The minimum Gasteiger partial charge on any atom is -0.382 e. The molecule has 58 valence electrons. The monoisotopic (exact) mass is 175 g/mol. The number of aromatic nitrogens is 1. The van der Waals surface area contributed by atoms with Gasteiger partial charge in [0.2, 0.25) is 0 Å². The predicted molar refractivity (Wildman–Crippen MR) is 48.7 cm³/mol. The Balaban J connectivity index is 2.92. The van der Waals surface area contributed by atoms with Crippen molar-refractivity contribution in [2.75, 3.05) is 5.73 Å². The van der Waals surface area contributed by atoms with Crippen molar-refractivity contribution in [2.24, 2.45) is 0 Å². The molecular formula is C8H5N3S. The van der Waals surface area contributed by atoms with E-state index in [1.807, 2.05) is 12.1 Å². The molecule has 0 radical (unpaired) electrons. The first-order valence-electron chi connectivity index (χ1n) is 3.37. The van der Waals surface area contributed by atoms with Crippen LogP contribution < -0.4 is 5.73 Å². The maximum absolute atomic E-state index is 8.73. The van der Waals surface area contributed by atoms with E-state index in [4.69, 9.17) is 11.0 Å². The van der Waals surface area contributed by atoms with Gasteiger partial charge in [-0.2, -0.15) is 9.64 Å². The summed E-state index contributed by atoms with van der Waals surface area (Å²) in [6.45, 7) is 0.